The van der Waals surface area contributed by atoms with Crippen LogP contribution in [0.5, 0.6) is 5.75 Å². The molecular formula is C14H18BrNO4. The minimum atomic E-state index is -0.921. The van der Waals surface area contributed by atoms with Gasteiger partial charge < -0.3 is 14.7 Å². The molecule has 0 saturated heterocycles. The number of halogens is 1. The number of carboxylic acid groups (broad SMARTS) is 1. The molecule has 1 aromatic carbocycles. The zero-order valence-corrected chi connectivity index (χ0v) is 13.1. The highest BCUT2D eigenvalue weighted by molar-refractivity contribution is 9.10. The highest BCUT2D eigenvalue weighted by atomic mass is 79.9. The Bertz CT molecular complexity index is 476. The van der Waals surface area contributed by atoms with Gasteiger partial charge in [-0.3, -0.25) is 9.59 Å². The Morgan fingerprint density at radius 2 is 2.00 bits per heavy atom. The SMILES string of the molecule is CC(C)N(CCC(=O)O)C(=O)COc1ccccc1Br. The number of benzene rings is 1. The Morgan fingerprint density at radius 3 is 2.55 bits per heavy atom. The average Bonchev–Trinajstić information content (AvgIpc) is 2.37. The number of carboxylic acids is 1. The van der Waals surface area contributed by atoms with Crippen molar-refractivity contribution < 1.29 is 19.4 Å². The van der Waals surface area contributed by atoms with Crippen molar-refractivity contribution in [1.82, 2.24) is 4.90 Å². The zero-order valence-electron chi connectivity index (χ0n) is 11.5. The lowest BCUT2D eigenvalue weighted by atomic mass is 10.2. The zero-order chi connectivity index (χ0) is 15.1. The normalized spacial score (nSPS) is 10.4. The van der Waals surface area contributed by atoms with Gasteiger partial charge in [0.2, 0.25) is 0 Å². The third-order valence-corrected chi connectivity index (χ3v) is 3.35. The molecule has 0 aromatic heterocycles. The summed E-state index contributed by atoms with van der Waals surface area (Å²) in [5.41, 5.74) is 0. The first-order valence-corrected chi connectivity index (χ1v) is 7.09. The Balaban J connectivity index is 2.58. The monoisotopic (exact) mass is 343 g/mol. The average molecular weight is 344 g/mol. The number of rotatable bonds is 7. The third kappa shape index (κ3) is 5.21. The molecule has 0 heterocycles. The molecule has 0 saturated carbocycles. The van der Waals surface area contributed by atoms with Crippen molar-refractivity contribution in [3.05, 3.63) is 28.7 Å². The van der Waals surface area contributed by atoms with E-state index < -0.39 is 5.97 Å². The first-order chi connectivity index (χ1) is 9.41. The highest BCUT2D eigenvalue weighted by Gasteiger charge is 2.18. The molecule has 1 rings (SSSR count). The van der Waals surface area contributed by atoms with Gasteiger partial charge in [0.15, 0.2) is 6.61 Å². The van der Waals surface area contributed by atoms with Crippen LogP contribution in [0.1, 0.15) is 20.3 Å². The van der Waals surface area contributed by atoms with Gasteiger partial charge in [0.25, 0.3) is 5.91 Å². The van der Waals surface area contributed by atoms with Gasteiger partial charge in [-0.2, -0.15) is 0 Å². The van der Waals surface area contributed by atoms with E-state index in [1.165, 1.54) is 4.90 Å². The second-order valence-corrected chi connectivity index (χ2v) is 5.40. The number of nitrogens with zero attached hydrogens (tertiary/aromatic N) is 1. The molecule has 0 unspecified atom stereocenters. The molecule has 0 fully saturated rings. The molecule has 110 valence electrons. The summed E-state index contributed by atoms with van der Waals surface area (Å²) in [5, 5.41) is 8.69. The number of hydrogen-bond donors (Lipinski definition) is 1. The maximum atomic E-state index is 12.1. The van der Waals surface area contributed by atoms with E-state index in [1.54, 1.807) is 6.07 Å². The van der Waals surface area contributed by atoms with E-state index >= 15 is 0 Å². The molecule has 0 aliphatic carbocycles. The van der Waals surface area contributed by atoms with Crippen LogP contribution in [0, 0.1) is 0 Å². The molecule has 20 heavy (non-hydrogen) atoms. The fraction of sp³-hybridized carbons (Fsp3) is 0.429. The van der Waals surface area contributed by atoms with Crippen molar-refractivity contribution >= 4 is 27.8 Å². The van der Waals surface area contributed by atoms with E-state index in [-0.39, 0.29) is 31.5 Å². The molecule has 1 N–H and O–H groups in total. The van der Waals surface area contributed by atoms with E-state index in [0.29, 0.717) is 5.75 Å². The summed E-state index contributed by atoms with van der Waals surface area (Å²) in [6.45, 7) is 3.77. The molecule has 6 heteroatoms. The van der Waals surface area contributed by atoms with Crippen LogP contribution >= 0.6 is 15.9 Å². The maximum absolute atomic E-state index is 12.1. The van der Waals surface area contributed by atoms with E-state index in [1.807, 2.05) is 32.0 Å². The Morgan fingerprint density at radius 1 is 1.35 bits per heavy atom. The van der Waals surface area contributed by atoms with Gasteiger partial charge in [-0.1, -0.05) is 12.1 Å². The summed E-state index contributed by atoms with van der Waals surface area (Å²) in [4.78, 5) is 24.2. The van der Waals surface area contributed by atoms with Crippen molar-refractivity contribution in [2.75, 3.05) is 13.2 Å². The number of ether oxygens (including phenoxy) is 1. The Kier molecular flexibility index (Phi) is 6.51. The van der Waals surface area contributed by atoms with Crippen LogP contribution in [0.15, 0.2) is 28.7 Å². The van der Waals surface area contributed by atoms with Crippen molar-refractivity contribution in [1.29, 1.82) is 0 Å². The van der Waals surface area contributed by atoms with Crippen LogP contribution < -0.4 is 4.74 Å². The molecule has 0 aliphatic rings. The quantitative estimate of drug-likeness (QED) is 0.826. The number of aliphatic carboxylic acids is 1. The minimum Gasteiger partial charge on any atom is -0.483 e. The topological polar surface area (TPSA) is 66.8 Å². The Labute approximate surface area is 126 Å². The second-order valence-electron chi connectivity index (χ2n) is 4.54. The van der Waals surface area contributed by atoms with Crippen LogP contribution in [0.2, 0.25) is 0 Å². The van der Waals surface area contributed by atoms with Crippen molar-refractivity contribution in [2.24, 2.45) is 0 Å². The number of para-hydroxylation sites is 1. The van der Waals surface area contributed by atoms with E-state index in [0.717, 1.165) is 4.47 Å². The first-order valence-electron chi connectivity index (χ1n) is 6.30. The second kappa shape index (κ2) is 7.89. The number of carbonyl (C=O) groups is 2. The standard InChI is InChI=1S/C14H18BrNO4/c1-10(2)16(8-7-14(18)19)13(17)9-20-12-6-4-3-5-11(12)15/h3-6,10H,7-9H2,1-2H3,(H,18,19). The predicted molar refractivity (Wildman–Crippen MR) is 78.7 cm³/mol. The van der Waals surface area contributed by atoms with Gasteiger partial charge in [-0.25, -0.2) is 0 Å². The minimum absolute atomic E-state index is 0.0651. The summed E-state index contributed by atoms with van der Waals surface area (Å²) >= 11 is 3.33. The van der Waals surface area contributed by atoms with Crippen molar-refractivity contribution in [2.45, 2.75) is 26.3 Å². The number of amides is 1. The number of carbonyl (C=O) groups excluding carboxylic acids is 1. The number of hydrogen-bond acceptors (Lipinski definition) is 3. The van der Waals surface area contributed by atoms with E-state index in [4.69, 9.17) is 9.84 Å². The fourth-order valence-electron chi connectivity index (χ4n) is 1.67. The highest BCUT2D eigenvalue weighted by Crippen LogP contribution is 2.23. The molecule has 0 radical (unpaired) electrons. The predicted octanol–water partition coefficient (Wildman–Crippen LogP) is 2.54. The van der Waals surface area contributed by atoms with E-state index in [9.17, 15) is 9.59 Å². The van der Waals surface area contributed by atoms with Crippen LogP contribution in [0.3, 0.4) is 0 Å². The molecule has 1 aromatic rings. The van der Waals surface area contributed by atoms with Crippen molar-refractivity contribution in [3.8, 4) is 5.75 Å². The van der Waals surface area contributed by atoms with Gasteiger partial charge >= 0.3 is 5.97 Å². The third-order valence-electron chi connectivity index (χ3n) is 2.70. The molecule has 0 aliphatic heterocycles. The van der Waals surface area contributed by atoms with Crippen LogP contribution in [0.4, 0.5) is 0 Å². The lowest BCUT2D eigenvalue weighted by Crippen LogP contribution is -2.41. The molecule has 5 nitrogen and oxygen atoms in total. The lowest BCUT2D eigenvalue weighted by molar-refractivity contribution is -0.139. The fourth-order valence-corrected chi connectivity index (χ4v) is 2.07. The first kappa shape index (κ1) is 16.5. The van der Waals surface area contributed by atoms with Gasteiger partial charge in [0.1, 0.15) is 5.75 Å². The van der Waals surface area contributed by atoms with E-state index in [2.05, 4.69) is 15.9 Å². The summed E-state index contributed by atoms with van der Waals surface area (Å²) in [7, 11) is 0. The summed E-state index contributed by atoms with van der Waals surface area (Å²) in [6.07, 6.45) is -0.0705. The van der Waals surface area contributed by atoms with Gasteiger partial charge in [0, 0.05) is 12.6 Å². The van der Waals surface area contributed by atoms with Gasteiger partial charge in [0.05, 0.1) is 10.9 Å². The molecule has 0 atom stereocenters. The molecule has 0 spiro atoms. The lowest BCUT2D eigenvalue weighted by Gasteiger charge is -2.26. The van der Waals surface area contributed by atoms with Crippen LogP contribution in [0.25, 0.3) is 0 Å². The van der Waals surface area contributed by atoms with Crippen LogP contribution in [-0.2, 0) is 9.59 Å². The molecular weight excluding hydrogens is 326 g/mol. The molecule has 1 amide bonds. The summed E-state index contributed by atoms with van der Waals surface area (Å²) < 4.78 is 6.22. The van der Waals surface area contributed by atoms with Crippen molar-refractivity contribution in [3.63, 3.8) is 0 Å². The smallest absolute Gasteiger partial charge is 0.305 e. The molecule has 0 bridgehead atoms. The van der Waals surface area contributed by atoms with Gasteiger partial charge in [-0.05, 0) is 41.9 Å². The summed E-state index contributed by atoms with van der Waals surface area (Å²) in [5.74, 6) is -0.560. The largest absolute Gasteiger partial charge is 0.483 e. The Hall–Kier alpha value is -1.56. The van der Waals surface area contributed by atoms with Crippen LogP contribution in [-0.4, -0.2) is 41.1 Å². The maximum Gasteiger partial charge on any atom is 0.305 e. The summed E-state index contributed by atoms with van der Waals surface area (Å²) in [6, 6.07) is 7.18. The van der Waals surface area contributed by atoms with Gasteiger partial charge in [-0.15, -0.1) is 0 Å².